The van der Waals surface area contributed by atoms with Gasteiger partial charge >= 0.3 is 12.1 Å². The van der Waals surface area contributed by atoms with Crippen LogP contribution >= 0.6 is 0 Å². The Balaban J connectivity index is 1.53. The molecule has 0 N–H and O–H groups in total. The van der Waals surface area contributed by atoms with Gasteiger partial charge in [-0.1, -0.05) is 53.7 Å². The number of nitrogens with zero attached hydrogens (tertiary/aromatic N) is 3. The van der Waals surface area contributed by atoms with E-state index in [0.29, 0.717) is 18.3 Å². The van der Waals surface area contributed by atoms with Crippen LogP contribution in [0.2, 0.25) is 0 Å². The summed E-state index contributed by atoms with van der Waals surface area (Å²) in [5, 5.41) is 4.20. The Kier molecular flexibility index (Phi) is 10.3. The minimum absolute atomic E-state index is 0.146. The fourth-order valence-electron chi connectivity index (χ4n) is 4.61. The Bertz CT molecular complexity index is 1620. The molecule has 0 saturated carbocycles. The Labute approximate surface area is 264 Å². The van der Waals surface area contributed by atoms with Gasteiger partial charge in [-0.05, 0) is 76.4 Å². The van der Waals surface area contributed by atoms with Gasteiger partial charge in [-0.15, -0.1) is 0 Å². The van der Waals surface area contributed by atoms with E-state index in [1.54, 1.807) is 55.8 Å². The number of aromatic nitrogens is 2. The Hall–Kier alpha value is -4.70. The van der Waals surface area contributed by atoms with Crippen LogP contribution < -0.4 is 4.74 Å². The molecule has 10 nitrogen and oxygen atoms in total. The molecule has 3 aromatic carbocycles. The summed E-state index contributed by atoms with van der Waals surface area (Å²) in [6.07, 6.45) is -0.607. The van der Waals surface area contributed by atoms with Gasteiger partial charge in [0.1, 0.15) is 23.5 Å². The third-order valence-corrected chi connectivity index (χ3v) is 6.45. The fourth-order valence-corrected chi connectivity index (χ4v) is 4.61. The molecule has 1 aromatic heterocycles. The van der Waals surface area contributed by atoms with E-state index >= 15 is 0 Å². The molecule has 4 aromatic rings. The van der Waals surface area contributed by atoms with Crippen molar-refractivity contribution in [2.24, 2.45) is 0 Å². The summed E-state index contributed by atoms with van der Waals surface area (Å²) in [4.78, 5) is 31.5. The number of carbonyl (C=O) groups is 2. The quantitative estimate of drug-likeness (QED) is 0.170. The van der Waals surface area contributed by atoms with E-state index in [2.05, 4.69) is 10.1 Å². The maximum atomic E-state index is 12.9. The van der Waals surface area contributed by atoms with Gasteiger partial charge in [-0.25, -0.2) is 4.79 Å². The molecule has 10 heteroatoms. The van der Waals surface area contributed by atoms with Crippen molar-refractivity contribution >= 4 is 12.1 Å². The smallest absolute Gasteiger partial charge is 0.411 e. The molecule has 0 saturated heterocycles. The monoisotopic (exact) mass is 615 g/mol. The fraction of sp³-hybridized carbons (Fsp3) is 0.371. The number of hydrogen-bond acceptors (Lipinski definition) is 9. The molecule has 45 heavy (non-hydrogen) atoms. The first-order valence-corrected chi connectivity index (χ1v) is 14.6. The lowest BCUT2D eigenvalue weighted by molar-refractivity contribution is -0.156. The molecule has 4 rings (SSSR count). The van der Waals surface area contributed by atoms with E-state index in [9.17, 15) is 9.59 Å². The van der Waals surface area contributed by atoms with Crippen molar-refractivity contribution in [1.29, 1.82) is 0 Å². The van der Waals surface area contributed by atoms with Gasteiger partial charge in [0.25, 0.3) is 5.89 Å². The number of carbonyl (C=O) groups excluding carboxylic acids is 2. The molecule has 0 unspecified atom stereocenters. The SMILES string of the molecule is COCc1cc(-c2nc(-c3ccc(CN(CC(=O)OC(C)(C)C)C(=O)OC(C)(C)C)cc3)no2)ccc1-c1ccccc1OC. The van der Waals surface area contributed by atoms with Gasteiger partial charge in [0, 0.05) is 30.3 Å². The Morgan fingerprint density at radius 2 is 1.49 bits per heavy atom. The topological polar surface area (TPSA) is 113 Å². The van der Waals surface area contributed by atoms with Gasteiger partial charge in [0.05, 0.1) is 13.7 Å². The third kappa shape index (κ3) is 9.15. The number of hydrogen-bond donors (Lipinski definition) is 0. The number of benzene rings is 3. The van der Waals surface area contributed by atoms with E-state index in [4.69, 9.17) is 23.5 Å². The lowest BCUT2D eigenvalue weighted by Crippen LogP contribution is -2.41. The summed E-state index contributed by atoms with van der Waals surface area (Å²) in [6, 6.07) is 21.1. The molecule has 0 radical (unpaired) electrons. The summed E-state index contributed by atoms with van der Waals surface area (Å²) in [5.41, 5.74) is 3.77. The van der Waals surface area contributed by atoms with Crippen molar-refractivity contribution in [3.63, 3.8) is 0 Å². The van der Waals surface area contributed by atoms with E-state index in [1.807, 2.05) is 66.7 Å². The maximum Gasteiger partial charge on any atom is 0.411 e. The number of amides is 1. The summed E-state index contributed by atoms with van der Waals surface area (Å²) in [7, 11) is 3.30. The van der Waals surface area contributed by atoms with Crippen LogP contribution in [0.4, 0.5) is 4.79 Å². The molecular formula is C35H41N3O7. The first-order chi connectivity index (χ1) is 21.3. The van der Waals surface area contributed by atoms with Gasteiger partial charge < -0.3 is 23.5 Å². The van der Waals surface area contributed by atoms with Crippen LogP contribution in [0.3, 0.4) is 0 Å². The van der Waals surface area contributed by atoms with Crippen molar-refractivity contribution in [1.82, 2.24) is 15.0 Å². The summed E-state index contributed by atoms with van der Waals surface area (Å²) >= 11 is 0. The average Bonchev–Trinajstić information content (AvgIpc) is 3.46. The van der Waals surface area contributed by atoms with Gasteiger partial charge in [0.15, 0.2) is 0 Å². The van der Waals surface area contributed by atoms with E-state index in [-0.39, 0.29) is 13.1 Å². The highest BCUT2D eigenvalue weighted by Gasteiger charge is 2.27. The van der Waals surface area contributed by atoms with E-state index < -0.39 is 23.3 Å². The molecule has 0 aliphatic carbocycles. The number of para-hydroxylation sites is 1. The van der Waals surface area contributed by atoms with Crippen LogP contribution in [0.5, 0.6) is 5.75 Å². The lowest BCUT2D eigenvalue weighted by Gasteiger charge is -2.28. The Morgan fingerprint density at radius 3 is 2.13 bits per heavy atom. The molecule has 1 amide bonds. The highest BCUT2D eigenvalue weighted by atomic mass is 16.6. The molecule has 0 atom stereocenters. The normalized spacial score (nSPS) is 11.6. The largest absolute Gasteiger partial charge is 0.496 e. The average molecular weight is 616 g/mol. The molecule has 0 aliphatic rings. The predicted molar refractivity (Wildman–Crippen MR) is 170 cm³/mol. The molecular weight excluding hydrogens is 574 g/mol. The first kappa shape index (κ1) is 33.2. The summed E-state index contributed by atoms with van der Waals surface area (Å²) in [6.45, 7) is 10.9. The van der Waals surface area contributed by atoms with Crippen molar-refractivity contribution in [2.75, 3.05) is 20.8 Å². The van der Waals surface area contributed by atoms with Crippen LogP contribution in [0, 0.1) is 0 Å². The summed E-state index contributed by atoms with van der Waals surface area (Å²) < 4.78 is 27.7. The summed E-state index contributed by atoms with van der Waals surface area (Å²) in [5.74, 6) is 1.03. The van der Waals surface area contributed by atoms with Gasteiger partial charge in [-0.3, -0.25) is 9.69 Å². The van der Waals surface area contributed by atoms with Crippen molar-refractivity contribution < 1.29 is 33.1 Å². The van der Waals surface area contributed by atoms with Gasteiger partial charge in [0.2, 0.25) is 5.82 Å². The van der Waals surface area contributed by atoms with Crippen molar-refractivity contribution in [3.8, 4) is 39.7 Å². The number of ether oxygens (including phenoxy) is 4. The second-order valence-corrected chi connectivity index (χ2v) is 12.5. The second-order valence-electron chi connectivity index (χ2n) is 12.5. The van der Waals surface area contributed by atoms with Gasteiger partial charge in [-0.2, -0.15) is 4.98 Å². The molecule has 238 valence electrons. The van der Waals surface area contributed by atoms with Crippen LogP contribution in [0.15, 0.2) is 71.3 Å². The first-order valence-electron chi connectivity index (χ1n) is 14.6. The third-order valence-electron chi connectivity index (χ3n) is 6.45. The van der Waals surface area contributed by atoms with Crippen molar-refractivity contribution in [3.05, 3.63) is 77.9 Å². The van der Waals surface area contributed by atoms with Crippen LogP contribution in [0.1, 0.15) is 52.7 Å². The molecule has 0 aliphatic heterocycles. The minimum Gasteiger partial charge on any atom is -0.496 e. The van der Waals surface area contributed by atoms with Crippen LogP contribution in [-0.2, 0) is 32.2 Å². The van der Waals surface area contributed by atoms with E-state index in [1.165, 1.54) is 4.90 Å². The zero-order valence-corrected chi connectivity index (χ0v) is 27.2. The van der Waals surface area contributed by atoms with Crippen LogP contribution in [0.25, 0.3) is 34.0 Å². The number of methoxy groups -OCH3 is 2. The Morgan fingerprint density at radius 1 is 0.822 bits per heavy atom. The highest BCUT2D eigenvalue weighted by molar-refractivity contribution is 5.79. The molecule has 0 spiro atoms. The molecule has 1 heterocycles. The van der Waals surface area contributed by atoms with Crippen LogP contribution in [-0.4, -0.2) is 59.1 Å². The van der Waals surface area contributed by atoms with Crippen molar-refractivity contribution in [2.45, 2.75) is 65.9 Å². The zero-order valence-electron chi connectivity index (χ0n) is 27.2. The number of esters is 1. The second kappa shape index (κ2) is 13.9. The molecule has 0 fully saturated rings. The lowest BCUT2D eigenvalue weighted by atomic mass is 9.97. The van der Waals surface area contributed by atoms with E-state index in [0.717, 1.165) is 39.1 Å². The number of rotatable bonds is 10. The maximum absolute atomic E-state index is 12.9. The zero-order chi connectivity index (χ0) is 32.8. The minimum atomic E-state index is -0.720. The molecule has 0 bridgehead atoms. The highest BCUT2D eigenvalue weighted by Crippen LogP contribution is 2.35. The standard InChI is InChI=1S/C35H41N3O7/c1-34(2,3)43-30(39)21-38(33(40)44-35(4,5)6)20-23-13-15-24(16-14-23)31-36-32(45-37-31)25-17-18-27(26(19-25)22-41-7)28-11-9-10-12-29(28)42-8/h9-19H,20-22H2,1-8H3. The predicted octanol–water partition coefficient (Wildman–Crippen LogP) is 7.30.